The second-order valence-corrected chi connectivity index (χ2v) is 6.38. The van der Waals surface area contributed by atoms with E-state index in [-0.39, 0.29) is 11.8 Å². The molecular weight excluding hydrogens is 312 g/mol. The second kappa shape index (κ2) is 9.02. The lowest BCUT2D eigenvalue weighted by Crippen LogP contribution is -2.25. The van der Waals surface area contributed by atoms with Gasteiger partial charge < -0.3 is 10.6 Å². The van der Waals surface area contributed by atoms with E-state index in [9.17, 15) is 9.59 Å². The van der Waals surface area contributed by atoms with E-state index in [1.807, 2.05) is 51.1 Å². The van der Waals surface area contributed by atoms with Crippen molar-refractivity contribution < 1.29 is 9.59 Å². The van der Waals surface area contributed by atoms with Gasteiger partial charge in [0.15, 0.2) is 0 Å². The first-order valence-electron chi connectivity index (χ1n) is 8.69. The van der Waals surface area contributed by atoms with Gasteiger partial charge in [-0.25, -0.2) is 0 Å². The molecule has 0 aliphatic carbocycles. The van der Waals surface area contributed by atoms with Crippen LogP contribution in [0.15, 0.2) is 42.5 Å². The highest BCUT2D eigenvalue weighted by Gasteiger charge is 2.07. The maximum absolute atomic E-state index is 12.2. The van der Waals surface area contributed by atoms with E-state index >= 15 is 0 Å². The van der Waals surface area contributed by atoms with Gasteiger partial charge in [-0.3, -0.25) is 9.59 Å². The third kappa shape index (κ3) is 6.07. The fourth-order valence-corrected chi connectivity index (χ4v) is 2.64. The Labute approximate surface area is 149 Å². The fraction of sp³-hybridized carbons (Fsp3) is 0.333. The lowest BCUT2D eigenvalue weighted by molar-refractivity contribution is -0.120. The Morgan fingerprint density at radius 3 is 2.56 bits per heavy atom. The van der Waals surface area contributed by atoms with E-state index in [1.165, 1.54) is 0 Å². The minimum absolute atomic E-state index is 0.00544. The number of amides is 2. The Kier molecular flexibility index (Phi) is 6.75. The molecule has 2 aromatic rings. The molecule has 4 heteroatoms. The monoisotopic (exact) mass is 338 g/mol. The zero-order valence-corrected chi connectivity index (χ0v) is 15.2. The van der Waals surface area contributed by atoms with Gasteiger partial charge in [0, 0.05) is 18.7 Å². The molecule has 0 aliphatic heterocycles. The topological polar surface area (TPSA) is 58.2 Å². The summed E-state index contributed by atoms with van der Waals surface area (Å²) in [6.07, 6.45) is 1.71. The highest BCUT2D eigenvalue weighted by molar-refractivity contribution is 5.90. The third-order valence-corrected chi connectivity index (χ3v) is 4.03. The van der Waals surface area contributed by atoms with Crippen molar-refractivity contribution in [3.8, 4) is 0 Å². The van der Waals surface area contributed by atoms with Crippen molar-refractivity contribution in [2.75, 3.05) is 5.32 Å². The van der Waals surface area contributed by atoms with Gasteiger partial charge in [0.2, 0.25) is 11.8 Å². The van der Waals surface area contributed by atoms with Gasteiger partial charge in [-0.1, -0.05) is 42.8 Å². The quantitative estimate of drug-likeness (QED) is 0.804. The van der Waals surface area contributed by atoms with Gasteiger partial charge in [-0.05, 0) is 49.1 Å². The van der Waals surface area contributed by atoms with Crippen LogP contribution >= 0.6 is 0 Å². The molecule has 2 aromatic carbocycles. The van der Waals surface area contributed by atoms with Crippen molar-refractivity contribution in [3.05, 3.63) is 64.7 Å². The molecule has 2 rings (SSSR count). The van der Waals surface area contributed by atoms with E-state index in [2.05, 4.69) is 22.8 Å². The molecule has 0 saturated carbocycles. The molecule has 4 nitrogen and oxygen atoms in total. The summed E-state index contributed by atoms with van der Waals surface area (Å²) in [5.74, 6) is 0.00716. The Balaban J connectivity index is 1.91. The maximum atomic E-state index is 12.2. The van der Waals surface area contributed by atoms with Crippen LogP contribution in [0.25, 0.3) is 0 Å². The predicted octanol–water partition coefficient (Wildman–Crippen LogP) is 3.90. The van der Waals surface area contributed by atoms with Gasteiger partial charge in [0.05, 0.1) is 6.42 Å². The molecule has 132 valence electrons. The van der Waals surface area contributed by atoms with Gasteiger partial charge in [0.25, 0.3) is 0 Å². The molecule has 0 aromatic heterocycles. The molecule has 0 radical (unpaired) electrons. The van der Waals surface area contributed by atoms with Gasteiger partial charge in [-0.15, -0.1) is 0 Å². The average Bonchev–Trinajstić information content (AvgIpc) is 2.57. The zero-order valence-electron chi connectivity index (χ0n) is 15.2. The van der Waals surface area contributed by atoms with E-state index < -0.39 is 0 Å². The van der Waals surface area contributed by atoms with Crippen molar-refractivity contribution in [1.82, 2.24) is 5.32 Å². The summed E-state index contributed by atoms with van der Waals surface area (Å²) in [5, 5.41) is 5.82. The highest BCUT2D eigenvalue weighted by atomic mass is 16.2. The SMILES string of the molecule is CCCC(=O)Nc1cccc(CNC(=O)Cc2cc(C)ccc2C)c1. The minimum atomic E-state index is -0.00544. The summed E-state index contributed by atoms with van der Waals surface area (Å²) in [4.78, 5) is 23.9. The molecule has 2 amide bonds. The van der Waals surface area contributed by atoms with Gasteiger partial charge in [-0.2, -0.15) is 0 Å². The van der Waals surface area contributed by atoms with E-state index in [1.54, 1.807) is 0 Å². The summed E-state index contributed by atoms with van der Waals surface area (Å²) in [6.45, 7) is 6.46. The number of carbonyl (C=O) groups is 2. The maximum Gasteiger partial charge on any atom is 0.224 e. The number of hydrogen-bond acceptors (Lipinski definition) is 2. The number of benzene rings is 2. The van der Waals surface area contributed by atoms with Crippen LogP contribution in [0.1, 0.15) is 42.0 Å². The van der Waals surface area contributed by atoms with Crippen molar-refractivity contribution in [2.24, 2.45) is 0 Å². The van der Waals surface area contributed by atoms with Crippen molar-refractivity contribution in [3.63, 3.8) is 0 Å². The third-order valence-electron chi connectivity index (χ3n) is 4.03. The molecular formula is C21H26N2O2. The zero-order chi connectivity index (χ0) is 18.2. The van der Waals surface area contributed by atoms with E-state index in [4.69, 9.17) is 0 Å². The van der Waals surface area contributed by atoms with Crippen LogP contribution in [0.4, 0.5) is 5.69 Å². The molecule has 0 aliphatic rings. The molecule has 0 fully saturated rings. The normalized spacial score (nSPS) is 10.4. The summed E-state index contributed by atoms with van der Waals surface area (Å²) >= 11 is 0. The first kappa shape index (κ1) is 18.7. The lowest BCUT2D eigenvalue weighted by Gasteiger charge is -2.10. The Morgan fingerprint density at radius 1 is 1.00 bits per heavy atom. The molecule has 0 spiro atoms. The fourth-order valence-electron chi connectivity index (χ4n) is 2.64. The van der Waals surface area contributed by atoms with Crippen molar-refractivity contribution >= 4 is 17.5 Å². The first-order valence-corrected chi connectivity index (χ1v) is 8.69. The second-order valence-electron chi connectivity index (χ2n) is 6.38. The van der Waals surface area contributed by atoms with Crippen LogP contribution in [-0.4, -0.2) is 11.8 Å². The number of aryl methyl sites for hydroxylation is 2. The Hall–Kier alpha value is -2.62. The number of carbonyl (C=O) groups excluding carboxylic acids is 2. The van der Waals surface area contributed by atoms with Gasteiger partial charge in [0.1, 0.15) is 0 Å². The highest BCUT2D eigenvalue weighted by Crippen LogP contribution is 2.13. The molecule has 25 heavy (non-hydrogen) atoms. The smallest absolute Gasteiger partial charge is 0.224 e. The largest absolute Gasteiger partial charge is 0.352 e. The van der Waals surface area contributed by atoms with Crippen LogP contribution in [0.3, 0.4) is 0 Å². The lowest BCUT2D eigenvalue weighted by atomic mass is 10.0. The molecule has 0 heterocycles. The summed E-state index contributed by atoms with van der Waals surface area (Å²) in [5.41, 5.74) is 5.06. The number of rotatable bonds is 7. The molecule has 2 N–H and O–H groups in total. The van der Waals surface area contributed by atoms with E-state index in [0.717, 1.165) is 34.4 Å². The summed E-state index contributed by atoms with van der Waals surface area (Å²) in [6, 6.07) is 13.7. The van der Waals surface area contributed by atoms with Crippen LogP contribution in [0, 0.1) is 13.8 Å². The first-order chi connectivity index (χ1) is 12.0. The summed E-state index contributed by atoms with van der Waals surface area (Å²) in [7, 11) is 0. The molecule has 0 saturated heterocycles. The Morgan fingerprint density at radius 2 is 1.80 bits per heavy atom. The van der Waals surface area contributed by atoms with Gasteiger partial charge >= 0.3 is 0 Å². The number of nitrogens with one attached hydrogen (secondary N) is 2. The Bertz CT molecular complexity index is 753. The van der Waals surface area contributed by atoms with Crippen molar-refractivity contribution in [2.45, 2.75) is 46.6 Å². The number of hydrogen-bond donors (Lipinski definition) is 2. The van der Waals surface area contributed by atoms with Crippen LogP contribution in [0.2, 0.25) is 0 Å². The molecule has 0 bridgehead atoms. The molecule has 0 atom stereocenters. The molecule has 0 unspecified atom stereocenters. The summed E-state index contributed by atoms with van der Waals surface area (Å²) < 4.78 is 0. The predicted molar refractivity (Wildman–Crippen MR) is 101 cm³/mol. The average molecular weight is 338 g/mol. The number of anilines is 1. The van der Waals surface area contributed by atoms with Crippen LogP contribution in [0.5, 0.6) is 0 Å². The van der Waals surface area contributed by atoms with E-state index in [0.29, 0.717) is 19.4 Å². The van der Waals surface area contributed by atoms with Crippen LogP contribution in [-0.2, 0) is 22.6 Å². The van der Waals surface area contributed by atoms with Crippen LogP contribution < -0.4 is 10.6 Å². The minimum Gasteiger partial charge on any atom is -0.352 e. The standard InChI is InChI=1S/C21H26N2O2/c1-4-6-20(24)23-19-8-5-7-17(12-19)14-22-21(25)13-18-11-15(2)9-10-16(18)3/h5,7-12H,4,6,13-14H2,1-3H3,(H,22,25)(H,23,24). The van der Waals surface area contributed by atoms with Crippen molar-refractivity contribution in [1.29, 1.82) is 0 Å².